The molecule has 0 fully saturated rings. The van der Waals surface area contributed by atoms with Crippen LogP contribution in [0.5, 0.6) is 5.75 Å². The maximum absolute atomic E-state index is 11.2. The minimum absolute atomic E-state index is 0.0854. The minimum Gasteiger partial charge on any atom is -0.486 e. The van der Waals surface area contributed by atoms with Gasteiger partial charge in [0, 0.05) is 5.02 Å². The molecule has 0 spiro atoms. The Morgan fingerprint density at radius 1 is 1.24 bits per heavy atom. The number of ether oxygens (including phenoxy) is 1. The maximum Gasteiger partial charge on any atom is 0.352 e. The van der Waals surface area contributed by atoms with Gasteiger partial charge < -0.3 is 9.84 Å². The van der Waals surface area contributed by atoms with Crippen LogP contribution in [-0.2, 0) is 6.61 Å². The van der Waals surface area contributed by atoms with Crippen molar-refractivity contribution in [1.29, 1.82) is 0 Å². The first-order valence-corrected chi connectivity index (χ1v) is 6.47. The van der Waals surface area contributed by atoms with Crippen LogP contribution in [0.1, 0.15) is 16.3 Å². The zero-order valence-electron chi connectivity index (χ0n) is 10.7. The third-order valence-corrected chi connectivity index (χ3v) is 3.11. The summed E-state index contributed by atoms with van der Waals surface area (Å²) in [6.45, 7) is 0.0891. The molecule has 0 radical (unpaired) electrons. The standard InChI is InChI=1S/C14H10ClN3O3/c15-9-3-1-4-10(7-9)21-8-13-17-16-12-6-2-5-11(14(19)20)18(12)13/h1-7H,8H2,(H,19,20). The molecule has 0 saturated heterocycles. The molecule has 1 aromatic carbocycles. The fraction of sp³-hybridized carbons (Fsp3) is 0.0714. The van der Waals surface area contributed by atoms with Gasteiger partial charge in [-0.15, -0.1) is 10.2 Å². The number of hydrogen-bond donors (Lipinski definition) is 1. The topological polar surface area (TPSA) is 76.7 Å². The molecule has 0 aliphatic rings. The first kappa shape index (κ1) is 13.4. The predicted octanol–water partition coefficient (Wildman–Crippen LogP) is 2.66. The highest BCUT2D eigenvalue weighted by atomic mass is 35.5. The van der Waals surface area contributed by atoms with Gasteiger partial charge in [0.05, 0.1) is 0 Å². The number of aromatic carboxylic acids is 1. The van der Waals surface area contributed by atoms with Crippen molar-refractivity contribution in [3.05, 3.63) is 59.0 Å². The average Bonchev–Trinajstić information content (AvgIpc) is 2.88. The van der Waals surface area contributed by atoms with E-state index in [0.717, 1.165) is 0 Å². The van der Waals surface area contributed by atoms with Crippen LogP contribution in [0, 0.1) is 0 Å². The summed E-state index contributed by atoms with van der Waals surface area (Å²) in [6, 6.07) is 11.7. The third-order valence-electron chi connectivity index (χ3n) is 2.88. The van der Waals surface area contributed by atoms with Crippen LogP contribution in [0.2, 0.25) is 5.02 Å². The molecule has 2 heterocycles. The molecule has 0 saturated carbocycles. The van der Waals surface area contributed by atoms with Crippen LogP contribution >= 0.6 is 11.6 Å². The van der Waals surface area contributed by atoms with Crippen LogP contribution < -0.4 is 4.74 Å². The summed E-state index contributed by atoms with van der Waals surface area (Å²) < 4.78 is 7.02. The van der Waals surface area contributed by atoms with E-state index in [1.165, 1.54) is 10.5 Å². The van der Waals surface area contributed by atoms with E-state index in [4.69, 9.17) is 16.3 Å². The minimum atomic E-state index is -1.05. The summed E-state index contributed by atoms with van der Waals surface area (Å²) >= 11 is 5.88. The van der Waals surface area contributed by atoms with Crippen molar-refractivity contribution in [2.24, 2.45) is 0 Å². The zero-order valence-corrected chi connectivity index (χ0v) is 11.5. The SMILES string of the molecule is O=C(O)c1cccc2nnc(COc3cccc(Cl)c3)n12. The number of rotatable bonds is 4. The van der Waals surface area contributed by atoms with E-state index in [0.29, 0.717) is 22.2 Å². The first-order chi connectivity index (χ1) is 10.1. The molecule has 0 bridgehead atoms. The van der Waals surface area contributed by atoms with Crippen LogP contribution in [-0.4, -0.2) is 25.7 Å². The van der Waals surface area contributed by atoms with E-state index in [2.05, 4.69) is 10.2 Å². The quantitative estimate of drug-likeness (QED) is 0.802. The molecular formula is C14H10ClN3O3. The fourth-order valence-corrected chi connectivity index (χ4v) is 2.15. The third kappa shape index (κ3) is 2.66. The number of hydrogen-bond acceptors (Lipinski definition) is 4. The second-order valence-corrected chi connectivity index (χ2v) is 4.71. The summed E-state index contributed by atoms with van der Waals surface area (Å²) in [7, 11) is 0. The van der Waals surface area contributed by atoms with Crippen molar-refractivity contribution in [2.75, 3.05) is 0 Å². The molecule has 0 amide bonds. The number of carboxylic acid groups (broad SMARTS) is 1. The van der Waals surface area contributed by atoms with Gasteiger partial charge in [-0.3, -0.25) is 4.40 Å². The number of nitrogens with zero attached hydrogens (tertiary/aromatic N) is 3. The molecule has 7 heteroatoms. The van der Waals surface area contributed by atoms with Crippen LogP contribution in [0.25, 0.3) is 5.65 Å². The Kier molecular flexibility index (Phi) is 3.45. The summed E-state index contributed by atoms with van der Waals surface area (Å²) in [5.41, 5.74) is 0.543. The van der Waals surface area contributed by atoms with Crippen molar-refractivity contribution < 1.29 is 14.6 Å². The highest BCUT2D eigenvalue weighted by Crippen LogP contribution is 2.18. The van der Waals surface area contributed by atoms with Gasteiger partial charge in [0.15, 0.2) is 11.5 Å². The predicted molar refractivity (Wildman–Crippen MR) is 75.7 cm³/mol. The average molecular weight is 304 g/mol. The maximum atomic E-state index is 11.2. The van der Waals surface area contributed by atoms with Gasteiger partial charge in [-0.05, 0) is 30.3 Å². The van der Waals surface area contributed by atoms with Gasteiger partial charge in [-0.2, -0.15) is 0 Å². The fourth-order valence-electron chi connectivity index (χ4n) is 1.97. The van der Waals surface area contributed by atoms with Crippen molar-refractivity contribution in [3.63, 3.8) is 0 Å². The molecular weight excluding hydrogens is 294 g/mol. The lowest BCUT2D eigenvalue weighted by molar-refractivity contribution is 0.0688. The van der Waals surface area contributed by atoms with Crippen LogP contribution in [0.15, 0.2) is 42.5 Å². The van der Waals surface area contributed by atoms with Gasteiger partial charge in [0.2, 0.25) is 0 Å². The molecule has 3 rings (SSSR count). The molecule has 0 aliphatic carbocycles. The van der Waals surface area contributed by atoms with Crippen LogP contribution in [0.4, 0.5) is 0 Å². The van der Waals surface area contributed by atoms with E-state index in [1.54, 1.807) is 36.4 Å². The number of pyridine rings is 1. The number of carboxylic acids is 1. The number of fused-ring (bicyclic) bond motifs is 1. The second-order valence-electron chi connectivity index (χ2n) is 4.27. The van der Waals surface area contributed by atoms with Gasteiger partial charge in [0.1, 0.15) is 18.1 Å². The largest absolute Gasteiger partial charge is 0.486 e. The van der Waals surface area contributed by atoms with Crippen molar-refractivity contribution in [2.45, 2.75) is 6.61 Å². The smallest absolute Gasteiger partial charge is 0.352 e. The van der Waals surface area contributed by atoms with E-state index in [9.17, 15) is 9.90 Å². The lowest BCUT2D eigenvalue weighted by Gasteiger charge is -2.06. The Morgan fingerprint density at radius 2 is 2.05 bits per heavy atom. The summed E-state index contributed by atoms with van der Waals surface area (Å²) in [5, 5.41) is 17.7. The lowest BCUT2D eigenvalue weighted by Crippen LogP contribution is -2.09. The monoisotopic (exact) mass is 303 g/mol. The highest BCUT2D eigenvalue weighted by molar-refractivity contribution is 6.30. The molecule has 0 atom stereocenters. The molecule has 21 heavy (non-hydrogen) atoms. The van der Waals surface area contributed by atoms with Crippen molar-refractivity contribution >= 4 is 23.2 Å². The number of carbonyl (C=O) groups is 1. The summed E-state index contributed by atoms with van der Waals surface area (Å²) in [6.07, 6.45) is 0. The van der Waals surface area contributed by atoms with Crippen molar-refractivity contribution in [3.8, 4) is 5.75 Å². The van der Waals surface area contributed by atoms with Gasteiger partial charge in [0.25, 0.3) is 0 Å². The second kappa shape index (κ2) is 5.41. The van der Waals surface area contributed by atoms with E-state index in [-0.39, 0.29) is 12.3 Å². The Balaban J connectivity index is 1.92. The summed E-state index contributed by atoms with van der Waals surface area (Å²) in [4.78, 5) is 11.2. The number of aromatic nitrogens is 3. The zero-order chi connectivity index (χ0) is 14.8. The van der Waals surface area contributed by atoms with E-state index < -0.39 is 5.97 Å². The highest BCUT2D eigenvalue weighted by Gasteiger charge is 2.14. The van der Waals surface area contributed by atoms with Crippen molar-refractivity contribution in [1.82, 2.24) is 14.6 Å². The molecule has 106 valence electrons. The van der Waals surface area contributed by atoms with Gasteiger partial charge in [-0.25, -0.2) is 4.79 Å². The van der Waals surface area contributed by atoms with Crippen LogP contribution in [0.3, 0.4) is 0 Å². The molecule has 3 aromatic rings. The molecule has 0 aliphatic heterocycles. The van der Waals surface area contributed by atoms with E-state index >= 15 is 0 Å². The van der Waals surface area contributed by atoms with Gasteiger partial charge >= 0.3 is 5.97 Å². The first-order valence-electron chi connectivity index (χ1n) is 6.10. The van der Waals surface area contributed by atoms with E-state index in [1.807, 2.05) is 0 Å². The Hall–Kier alpha value is -2.60. The number of benzene rings is 1. The Labute approximate surface area is 124 Å². The molecule has 0 unspecified atom stereocenters. The Morgan fingerprint density at radius 3 is 2.81 bits per heavy atom. The lowest BCUT2D eigenvalue weighted by atomic mass is 10.3. The molecule has 6 nitrogen and oxygen atoms in total. The number of halogens is 1. The molecule has 1 N–H and O–H groups in total. The Bertz CT molecular complexity index is 816. The summed E-state index contributed by atoms with van der Waals surface area (Å²) in [5.74, 6) is -0.0700. The van der Waals surface area contributed by atoms with Gasteiger partial charge in [-0.1, -0.05) is 23.7 Å². The normalized spacial score (nSPS) is 10.7. The molecule has 2 aromatic heterocycles.